The van der Waals surface area contributed by atoms with Crippen LogP contribution >= 0.6 is 22.6 Å². The molecular formula is C17H22IN3O4. The Hall–Kier alpha value is -1.76. The smallest absolute Gasteiger partial charge is 0.410 e. The molecule has 0 spiro atoms. The minimum absolute atomic E-state index is 0.0949. The number of likely N-dealkylation sites (tertiary alicyclic amines) is 1. The molecule has 0 bridgehead atoms. The lowest BCUT2D eigenvalue weighted by atomic mass is 10.2. The Balaban J connectivity index is 2.24. The van der Waals surface area contributed by atoms with E-state index in [9.17, 15) is 14.9 Å². The fourth-order valence-corrected chi connectivity index (χ4v) is 3.43. The summed E-state index contributed by atoms with van der Waals surface area (Å²) in [4.78, 5) is 26.2. The fourth-order valence-electron chi connectivity index (χ4n) is 2.76. The van der Waals surface area contributed by atoms with Crippen LogP contribution in [-0.4, -0.2) is 46.8 Å². The van der Waals surface area contributed by atoms with Gasteiger partial charge in [-0.25, -0.2) is 9.59 Å². The van der Waals surface area contributed by atoms with Gasteiger partial charge in [0.1, 0.15) is 17.4 Å². The van der Waals surface area contributed by atoms with Crippen molar-refractivity contribution in [1.29, 1.82) is 5.26 Å². The number of ether oxygens (including phenoxy) is 2. The van der Waals surface area contributed by atoms with E-state index >= 15 is 0 Å². The zero-order valence-electron chi connectivity index (χ0n) is 14.8. The van der Waals surface area contributed by atoms with Gasteiger partial charge in [0, 0.05) is 22.9 Å². The topological polar surface area (TPSA) is 84.6 Å². The van der Waals surface area contributed by atoms with Crippen LogP contribution in [0.1, 0.15) is 56.2 Å². The average Bonchev–Trinajstić information content (AvgIpc) is 3.09. The maximum absolute atomic E-state index is 12.3. The van der Waals surface area contributed by atoms with E-state index in [1.165, 1.54) is 0 Å². The van der Waals surface area contributed by atoms with E-state index < -0.39 is 11.6 Å². The number of nitrogens with zero attached hydrogens (tertiary/aromatic N) is 3. The van der Waals surface area contributed by atoms with Crippen LogP contribution in [0.3, 0.4) is 0 Å². The summed E-state index contributed by atoms with van der Waals surface area (Å²) in [7, 11) is 0. The Morgan fingerprint density at radius 1 is 1.44 bits per heavy atom. The van der Waals surface area contributed by atoms with Crippen molar-refractivity contribution in [1.82, 2.24) is 9.47 Å². The molecule has 7 nitrogen and oxygen atoms in total. The normalized spacial score (nSPS) is 17.3. The summed E-state index contributed by atoms with van der Waals surface area (Å²) in [6.45, 7) is 8.40. The summed E-state index contributed by atoms with van der Waals surface area (Å²) in [5.74, 6) is -0.516. The first-order valence-electron chi connectivity index (χ1n) is 8.13. The largest absolute Gasteiger partial charge is 0.461 e. The number of hydrogen-bond acceptors (Lipinski definition) is 5. The van der Waals surface area contributed by atoms with Crippen molar-refractivity contribution in [3.8, 4) is 6.07 Å². The molecule has 1 aromatic heterocycles. The molecule has 8 heteroatoms. The summed E-state index contributed by atoms with van der Waals surface area (Å²) < 4.78 is 13.0. The van der Waals surface area contributed by atoms with Crippen LogP contribution < -0.4 is 0 Å². The van der Waals surface area contributed by atoms with Crippen molar-refractivity contribution < 1.29 is 19.1 Å². The first kappa shape index (κ1) is 19.6. The number of rotatable bonds is 3. The predicted octanol–water partition coefficient (Wildman–Crippen LogP) is 3.32. The highest BCUT2D eigenvalue weighted by molar-refractivity contribution is 14.1. The molecule has 0 unspecified atom stereocenters. The van der Waals surface area contributed by atoms with Crippen LogP contribution in [0.2, 0.25) is 0 Å². The van der Waals surface area contributed by atoms with Crippen LogP contribution in [0.5, 0.6) is 0 Å². The van der Waals surface area contributed by atoms with Crippen LogP contribution in [-0.2, 0) is 9.47 Å². The van der Waals surface area contributed by atoms with Crippen molar-refractivity contribution in [3.05, 3.63) is 21.0 Å². The third-order valence-electron chi connectivity index (χ3n) is 3.78. The molecule has 2 heterocycles. The van der Waals surface area contributed by atoms with Gasteiger partial charge in [0.15, 0.2) is 0 Å². The zero-order valence-corrected chi connectivity index (χ0v) is 17.0. The standard InChI is InChI=1S/C17H22IN3O4/c1-5-24-15(22)14-12(8-19)13(18)10-21(14)11-6-7-20(9-11)16(23)25-17(2,3)4/h10-11H,5-7,9H2,1-4H3/t11-/m0/s1. The maximum atomic E-state index is 12.3. The van der Waals surface area contributed by atoms with E-state index in [1.54, 1.807) is 22.6 Å². The molecule has 1 aliphatic rings. The van der Waals surface area contributed by atoms with E-state index in [2.05, 4.69) is 6.07 Å². The summed E-state index contributed by atoms with van der Waals surface area (Å²) in [6.07, 6.45) is 2.09. The van der Waals surface area contributed by atoms with Gasteiger partial charge in [0.2, 0.25) is 0 Å². The lowest BCUT2D eigenvalue weighted by molar-refractivity contribution is 0.0289. The van der Waals surface area contributed by atoms with Gasteiger partial charge in [0.25, 0.3) is 0 Å². The van der Waals surface area contributed by atoms with Crippen LogP contribution in [0, 0.1) is 14.9 Å². The molecule has 1 aromatic rings. The second-order valence-electron chi connectivity index (χ2n) is 6.81. The van der Waals surface area contributed by atoms with Gasteiger partial charge >= 0.3 is 12.1 Å². The Morgan fingerprint density at radius 3 is 2.68 bits per heavy atom. The van der Waals surface area contributed by atoms with Gasteiger partial charge in [-0.3, -0.25) is 0 Å². The van der Waals surface area contributed by atoms with Crippen molar-refractivity contribution in [2.24, 2.45) is 0 Å². The minimum atomic E-state index is -0.554. The van der Waals surface area contributed by atoms with E-state index in [-0.39, 0.29) is 24.4 Å². The fraction of sp³-hybridized carbons (Fsp3) is 0.588. The molecule has 0 aliphatic carbocycles. The number of carbonyl (C=O) groups excluding carboxylic acids is 2. The number of esters is 1. The summed E-state index contributed by atoms with van der Waals surface area (Å²) in [6, 6.07) is 1.98. The average molecular weight is 459 g/mol. The Labute approximate surface area is 161 Å². The van der Waals surface area contributed by atoms with Gasteiger partial charge in [-0.2, -0.15) is 5.26 Å². The molecule has 1 atom stereocenters. The molecule has 0 aromatic carbocycles. The van der Waals surface area contributed by atoms with Crippen molar-refractivity contribution in [2.45, 2.75) is 45.8 Å². The SMILES string of the molecule is CCOC(=O)c1c(C#N)c(I)cn1[C@H]1CCN(C(=O)OC(C)(C)C)C1. The highest BCUT2D eigenvalue weighted by atomic mass is 127. The Bertz CT molecular complexity index is 715. The van der Waals surface area contributed by atoms with Crippen molar-refractivity contribution >= 4 is 34.7 Å². The second-order valence-corrected chi connectivity index (χ2v) is 7.97. The molecule has 0 radical (unpaired) electrons. The zero-order chi connectivity index (χ0) is 18.8. The summed E-state index contributed by atoms with van der Waals surface area (Å²) in [5.41, 5.74) is 0.0155. The van der Waals surface area contributed by atoms with Gasteiger partial charge in [-0.05, 0) is 56.7 Å². The molecule has 136 valence electrons. The Morgan fingerprint density at radius 2 is 2.12 bits per heavy atom. The number of carbonyl (C=O) groups is 2. The lowest BCUT2D eigenvalue weighted by Crippen LogP contribution is -2.35. The first-order valence-corrected chi connectivity index (χ1v) is 9.21. The molecule has 1 amide bonds. The molecule has 1 saturated heterocycles. The number of nitriles is 1. The van der Waals surface area contributed by atoms with Crippen molar-refractivity contribution in [3.63, 3.8) is 0 Å². The molecule has 25 heavy (non-hydrogen) atoms. The van der Waals surface area contributed by atoms with Crippen molar-refractivity contribution in [2.75, 3.05) is 19.7 Å². The van der Waals surface area contributed by atoms with Gasteiger partial charge < -0.3 is 18.9 Å². The molecule has 1 fully saturated rings. The highest BCUT2D eigenvalue weighted by Gasteiger charge is 2.34. The number of aromatic nitrogens is 1. The molecule has 2 rings (SSSR count). The highest BCUT2D eigenvalue weighted by Crippen LogP contribution is 2.29. The quantitative estimate of drug-likeness (QED) is 0.512. The summed E-state index contributed by atoms with van der Waals surface area (Å²) >= 11 is 2.04. The number of halogens is 1. The van der Waals surface area contributed by atoms with E-state index in [4.69, 9.17) is 9.47 Å². The first-order chi connectivity index (χ1) is 11.7. The van der Waals surface area contributed by atoms with Crippen LogP contribution in [0.25, 0.3) is 0 Å². The summed E-state index contributed by atoms with van der Waals surface area (Å²) in [5, 5.41) is 9.38. The molecule has 1 aliphatic heterocycles. The lowest BCUT2D eigenvalue weighted by Gasteiger charge is -2.24. The predicted molar refractivity (Wildman–Crippen MR) is 99.3 cm³/mol. The van der Waals surface area contributed by atoms with Gasteiger partial charge in [-0.1, -0.05) is 0 Å². The maximum Gasteiger partial charge on any atom is 0.410 e. The number of amides is 1. The third-order valence-corrected chi connectivity index (χ3v) is 4.59. The Kier molecular flexibility index (Phi) is 5.98. The van der Waals surface area contributed by atoms with Gasteiger partial charge in [0.05, 0.1) is 18.2 Å². The van der Waals surface area contributed by atoms with E-state index in [1.807, 2.05) is 43.4 Å². The minimum Gasteiger partial charge on any atom is -0.461 e. The van der Waals surface area contributed by atoms with Crippen LogP contribution in [0.15, 0.2) is 6.20 Å². The van der Waals surface area contributed by atoms with Gasteiger partial charge in [-0.15, -0.1) is 0 Å². The second kappa shape index (κ2) is 7.64. The third kappa shape index (κ3) is 4.45. The molecular weight excluding hydrogens is 437 g/mol. The van der Waals surface area contributed by atoms with E-state index in [0.29, 0.717) is 28.6 Å². The molecule has 0 saturated carbocycles. The monoisotopic (exact) mass is 459 g/mol. The van der Waals surface area contributed by atoms with Crippen LogP contribution in [0.4, 0.5) is 4.79 Å². The van der Waals surface area contributed by atoms with E-state index in [0.717, 1.165) is 0 Å². The molecule has 0 N–H and O–H groups in total. The number of hydrogen-bond donors (Lipinski definition) is 0.